The van der Waals surface area contributed by atoms with Crippen molar-refractivity contribution in [3.63, 3.8) is 0 Å². The summed E-state index contributed by atoms with van der Waals surface area (Å²) in [6.45, 7) is 6.71. The van der Waals surface area contributed by atoms with Crippen molar-refractivity contribution in [3.05, 3.63) is 53.4 Å². The van der Waals surface area contributed by atoms with Gasteiger partial charge in [-0.3, -0.25) is 10.2 Å². The van der Waals surface area contributed by atoms with E-state index in [1.807, 2.05) is 54.8 Å². The molecule has 0 bridgehead atoms. The SMILES string of the molecule is CCCOc1ccc(/C=N\Nc2nc(-c3ccc(NC(C)=O)cc3)cs2)cc1OCC. The molecule has 7 nitrogen and oxygen atoms in total. The minimum atomic E-state index is -0.0951. The maximum Gasteiger partial charge on any atom is 0.221 e. The molecule has 2 N–H and O–H groups in total. The van der Waals surface area contributed by atoms with Crippen LogP contribution >= 0.6 is 11.3 Å². The van der Waals surface area contributed by atoms with Gasteiger partial charge in [0.05, 0.1) is 25.1 Å². The maximum absolute atomic E-state index is 11.1. The van der Waals surface area contributed by atoms with E-state index in [1.165, 1.54) is 18.3 Å². The first kappa shape index (κ1) is 22.3. The molecule has 1 heterocycles. The quantitative estimate of drug-likeness (QED) is 0.327. The number of aromatic nitrogens is 1. The molecule has 31 heavy (non-hydrogen) atoms. The van der Waals surface area contributed by atoms with Crippen LogP contribution in [0.5, 0.6) is 11.5 Å². The minimum absolute atomic E-state index is 0.0951. The molecule has 1 amide bonds. The van der Waals surface area contributed by atoms with E-state index >= 15 is 0 Å². The van der Waals surface area contributed by atoms with E-state index in [-0.39, 0.29) is 5.91 Å². The zero-order valence-corrected chi connectivity index (χ0v) is 18.7. The molecule has 0 unspecified atom stereocenters. The lowest BCUT2D eigenvalue weighted by molar-refractivity contribution is -0.114. The van der Waals surface area contributed by atoms with Crippen molar-refractivity contribution in [3.8, 4) is 22.8 Å². The highest BCUT2D eigenvalue weighted by Gasteiger charge is 2.07. The van der Waals surface area contributed by atoms with Crippen molar-refractivity contribution in [2.24, 2.45) is 5.10 Å². The number of hydrogen-bond donors (Lipinski definition) is 2. The Balaban J connectivity index is 1.63. The Morgan fingerprint density at radius 1 is 1.13 bits per heavy atom. The molecule has 2 aromatic carbocycles. The standard InChI is InChI=1S/C23H26N4O3S/c1-4-12-30-21-11-6-17(13-22(21)29-5-2)14-24-27-23-26-20(15-31-23)18-7-9-19(10-8-18)25-16(3)28/h6-11,13-15H,4-5,12H2,1-3H3,(H,25,28)(H,26,27)/b24-14-. The second kappa shape index (κ2) is 11.1. The number of carbonyl (C=O) groups excluding carboxylic acids is 1. The van der Waals surface area contributed by atoms with Crippen molar-refractivity contribution in [2.75, 3.05) is 24.0 Å². The molecule has 0 aliphatic heterocycles. The van der Waals surface area contributed by atoms with Crippen LogP contribution in [-0.2, 0) is 4.79 Å². The van der Waals surface area contributed by atoms with Gasteiger partial charge in [-0.05, 0) is 49.2 Å². The first-order valence-electron chi connectivity index (χ1n) is 10.1. The Bertz CT molecular complexity index is 1030. The molecular formula is C23H26N4O3S. The summed E-state index contributed by atoms with van der Waals surface area (Å²) >= 11 is 1.47. The van der Waals surface area contributed by atoms with Crippen LogP contribution in [0.2, 0.25) is 0 Å². The molecule has 162 valence electrons. The normalized spacial score (nSPS) is 10.8. The summed E-state index contributed by atoms with van der Waals surface area (Å²) in [4.78, 5) is 15.7. The monoisotopic (exact) mass is 438 g/mol. The second-order valence-corrected chi connectivity index (χ2v) is 7.51. The van der Waals surface area contributed by atoms with E-state index in [9.17, 15) is 4.79 Å². The highest BCUT2D eigenvalue weighted by atomic mass is 32.1. The van der Waals surface area contributed by atoms with Crippen molar-refractivity contribution < 1.29 is 14.3 Å². The van der Waals surface area contributed by atoms with E-state index in [1.54, 1.807) is 6.21 Å². The summed E-state index contributed by atoms with van der Waals surface area (Å²) in [5, 5.41) is 9.68. The predicted molar refractivity (Wildman–Crippen MR) is 126 cm³/mol. The highest BCUT2D eigenvalue weighted by molar-refractivity contribution is 7.14. The van der Waals surface area contributed by atoms with E-state index in [0.717, 1.165) is 34.7 Å². The van der Waals surface area contributed by atoms with Gasteiger partial charge in [0.1, 0.15) is 0 Å². The zero-order chi connectivity index (χ0) is 22.1. The van der Waals surface area contributed by atoms with Crippen molar-refractivity contribution in [2.45, 2.75) is 27.2 Å². The molecule has 0 aliphatic rings. The third kappa shape index (κ3) is 6.55. The molecular weight excluding hydrogens is 412 g/mol. The molecule has 0 spiro atoms. The smallest absolute Gasteiger partial charge is 0.221 e. The Morgan fingerprint density at radius 3 is 2.65 bits per heavy atom. The van der Waals surface area contributed by atoms with Gasteiger partial charge in [0.2, 0.25) is 11.0 Å². The second-order valence-electron chi connectivity index (χ2n) is 6.65. The number of amides is 1. The highest BCUT2D eigenvalue weighted by Crippen LogP contribution is 2.29. The molecule has 0 aliphatic carbocycles. The van der Waals surface area contributed by atoms with Crippen LogP contribution < -0.4 is 20.2 Å². The van der Waals surface area contributed by atoms with E-state index in [0.29, 0.717) is 24.1 Å². The van der Waals surface area contributed by atoms with Crippen LogP contribution in [0.4, 0.5) is 10.8 Å². The van der Waals surface area contributed by atoms with E-state index in [2.05, 4.69) is 27.8 Å². The summed E-state index contributed by atoms with van der Waals surface area (Å²) in [7, 11) is 0. The number of carbonyl (C=O) groups is 1. The number of hydrogen-bond acceptors (Lipinski definition) is 7. The number of hydrazone groups is 1. The number of benzene rings is 2. The van der Waals surface area contributed by atoms with Crippen LogP contribution in [0.3, 0.4) is 0 Å². The average molecular weight is 439 g/mol. The topological polar surface area (TPSA) is 84.8 Å². The molecule has 0 saturated heterocycles. The number of rotatable bonds is 10. The molecule has 0 radical (unpaired) electrons. The largest absolute Gasteiger partial charge is 0.490 e. The summed E-state index contributed by atoms with van der Waals surface area (Å²) < 4.78 is 11.4. The number of anilines is 2. The number of nitrogens with zero attached hydrogens (tertiary/aromatic N) is 2. The van der Waals surface area contributed by atoms with Crippen LogP contribution in [0, 0.1) is 0 Å². The van der Waals surface area contributed by atoms with Gasteiger partial charge in [0, 0.05) is 23.6 Å². The first-order valence-corrected chi connectivity index (χ1v) is 11.0. The molecule has 0 fully saturated rings. The zero-order valence-electron chi connectivity index (χ0n) is 17.8. The van der Waals surface area contributed by atoms with E-state index < -0.39 is 0 Å². The molecule has 0 atom stereocenters. The Kier molecular flexibility index (Phi) is 8.00. The Morgan fingerprint density at radius 2 is 1.94 bits per heavy atom. The molecule has 3 rings (SSSR count). The Hall–Kier alpha value is -3.39. The van der Waals surface area contributed by atoms with Gasteiger partial charge < -0.3 is 14.8 Å². The average Bonchev–Trinajstić information content (AvgIpc) is 3.22. The van der Waals surface area contributed by atoms with Gasteiger partial charge in [-0.25, -0.2) is 4.98 Å². The van der Waals surface area contributed by atoms with Gasteiger partial charge in [-0.1, -0.05) is 19.1 Å². The lowest BCUT2D eigenvalue weighted by Crippen LogP contribution is -2.05. The van der Waals surface area contributed by atoms with Gasteiger partial charge in [-0.15, -0.1) is 11.3 Å². The van der Waals surface area contributed by atoms with Crippen LogP contribution in [0.25, 0.3) is 11.3 Å². The summed E-state index contributed by atoms with van der Waals surface area (Å²) in [5.74, 6) is 1.35. The number of nitrogens with one attached hydrogen (secondary N) is 2. The third-order valence-corrected chi connectivity index (χ3v) is 4.86. The minimum Gasteiger partial charge on any atom is -0.490 e. The van der Waals surface area contributed by atoms with Crippen molar-refractivity contribution in [1.29, 1.82) is 0 Å². The third-order valence-electron chi connectivity index (χ3n) is 4.11. The van der Waals surface area contributed by atoms with Gasteiger partial charge >= 0.3 is 0 Å². The van der Waals surface area contributed by atoms with Crippen LogP contribution in [0.15, 0.2) is 52.9 Å². The summed E-state index contributed by atoms with van der Waals surface area (Å²) in [6.07, 6.45) is 2.66. The van der Waals surface area contributed by atoms with Gasteiger partial charge in [0.25, 0.3) is 0 Å². The Labute approximate surface area is 186 Å². The van der Waals surface area contributed by atoms with Gasteiger partial charge in [0.15, 0.2) is 11.5 Å². The predicted octanol–water partition coefficient (Wildman–Crippen LogP) is 5.40. The number of ether oxygens (including phenoxy) is 2. The van der Waals surface area contributed by atoms with Gasteiger partial charge in [-0.2, -0.15) is 5.10 Å². The molecule has 1 aromatic heterocycles. The van der Waals surface area contributed by atoms with Crippen LogP contribution in [-0.4, -0.2) is 30.3 Å². The lowest BCUT2D eigenvalue weighted by atomic mass is 10.1. The fourth-order valence-corrected chi connectivity index (χ4v) is 3.42. The van der Waals surface area contributed by atoms with Crippen molar-refractivity contribution >= 4 is 34.3 Å². The first-order chi connectivity index (χ1) is 15.1. The lowest BCUT2D eigenvalue weighted by Gasteiger charge is -2.11. The molecule has 0 saturated carbocycles. The number of thiazole rings is 1. The summed E-state index contributed by atoms with van der Waals surface area (Å²) in [6, 6.07) is 13.3. The van der Waals surface area contributed by atoms with E-state index in [4.69, 9.17) is 9.47 Å². The fourth-order valence-electron chi connectivity index (χ4n) is 2.75. The summed E-state index contributed by atoms with van der Waals surface area (Å²) in [5.41, 5.74) is 6.42. The maximum atomic E-state index is 11.1. The van der Waals surface area contributed by atoms with Crippen LogP contribution in [0.1, 0.15) is 32.8 Å². The fraction of sp³-hybridized carbons (Fsp3) is 0.261. The van der Waals surface area contributed by atoms with Crippen molar-refractivity contribution in [1.82, 2.24) is 4.98 Å². The molecule has 3 aromatic rings. The molecule has 8 heteroatoms.